The Labute approximate surface area is 151 Å². The van der Waals surface area contributed by atoms with Crippen LogP contribution in [0.4, 0.5) is 11.4 Å². The molecule has 1 aliphatic rings. The normalized spacial score (nSPS) is 15.8. The van der Waals surface area contributed by atoms with Crippen LogP contribution in [-0.4, -0.2) is 25.0 Å². The molecule has 26 heavy (non-hydrogen) atoms. The van der Waals surface area contributed by atoms with Crippen molar-refractivity contribution < 1.29 is 19.1 Å². The highest BCUT2D eigenvalue weighted by atomic mass is 16.5. The van der Waals surface area contributed by atoms with Crippen LogP contribution in [0.15, 0.2) is 42.5 Å². The molecule has 2 aromatic rings. The third kappa shape index (κ3) is 3.85. The second-order valence-electron chi connectivity index (χ2n) is 6.03. The van der Waals surface area contributed by atoms with Gasteiger partial charge in [-0.3, -0.25) is 9.59 Å². The summed E-state index contributed by atoms with van der Waals surface area (Å²) < 4.78 is 10.8. The molecular formula is C20H20N2O4. The van der Waals surface area contributed by atoms with Crippen LogP contribution in [0.1, 0.15) is 18.1 Å². The van der Waals surface area contributed by atoms with E-state index >= 15 is 0 Å². The van der Waals surface area contributed by atoms with Gasteiger partial charge in [0.05, 0.1) is 12.8 Å². The summed E-state index contributed by atoms with van der Waals surface area (Å²) in [6, 6.07) is 10.9. The molecule has 0 aromatic heterocycles. The van der Waals surface area contributed by atoms with E-state index in [-0.39, 0.29) is 11.8 Å². The van der Waals surface area contributed by atoms with E-state index in [2.05, 4.69) is 10.6 Å². The number of aryl methyl sites for hydroxylation is 1. The average Bonchev–Trinajstić information content (AvgIpc) is 2.61. The summed E-state index contributed by atoms with van der Waals surface area (Å²) in [4.78, 5) is 23.9. The Bertz CT molecular complexity index is 889. The van der Waals surface area contributed by atoms with Gasteiger partial charge in [-0.1, -0.05) is 11.6 Å². The van der Waals surface area contributed by atoms with Gasteiger partial charge in [-0.05, 0) is 50.3 Å². The number of hydrogen-bond acceptors (Lipinski definition) is 4. The van der Waals surface area contributed by atoms with Gasteiger partial charge in [0.1, 0.15) is 11.5 Å². The lowest BCUT2D eigenvalue weighted by atomic mass is 10.1. The van der Waals surface area contributed by atoms with E-state index in [1.165, 1.54) is 6.08 Å². The third-order valence-electron chi connectivity index (χ3n) is 3.98. The molecule has 2 N–H and O–H groups in total. The fourth-order valence-corrected chi connectivity index (χ4v) is 2.62. The lowest BCUT2D eigenvalue weighted by Gasteiger charge is -2.23. The summed E-state index contributed by atoms with van der Waals surface area (Å²) in [6.07, 6.45) is 2.61. The van der Waals surface area contributed by atoms with Gasteiger partial charge in [0.2, 0.25) is 5.91 Å². The monoisotopic (exact) mass is 352 g/mol. The van der Waals surface area contributed by atoms with Gasteiger partial charge in [0.25, 0.3) is 5.91 Å². The number of nitrogens with one attached hydrogen (secondary N) is 2. The maximum absolute atomic E-state index is 12.2. The first kappa shape index (κ1) is 17.5. The Morgan fingerprint density at radius 2 is 2.08 bits per heavy atom. The van der Waals surface area contributed by atoms with E-state index in [4.69, 9.17) is 9.47 Å². The van der Waals surface area contributed by atoms with Crippen molar-refractivity contribution in [1.29, 1.82) is 0 Å². The molecule has 0 saturated carbocycles. The molecule has 1 heterocycles. The van der Waals surface area contributed by atoms with Crippen LogP contribution in [0.2, 0.25) is 0 Å². The fraction of sp³-hybridized carbons (Fsp3) is 0.200. The number of amides is 2. The number of anilines is 2. The highest BCUT2D eigenvalue weighted by Gasteiger charge is 2.23. The van der Waals surface area contributed by atoms with Crippen LogP contribution < -0.4 is 20.1 Å². The Morgan fingerprint density at radius 1 is 1.27 bits per heavy atom. The van der Waals surface area contributed by atoms with Crippen molar-refractivity contribution in [3.63, 3.8) is 0 Å². The van der Waals surface area contributed by atoms with E-state index < -0.39 is 6.10 Å². The lowest BCUT2D eigenvalue weighted by Crippen LogP contribution is -2.34. The molecule has 134 valence electrons. The molecule has 3 rings (SSSR count). The molecule has 2 amide bonds. The Balaban J connectivity index is 1.72. The second kappa shape index (κ2) is 7.31. The van der Waals surface area contributed by atoms with Crippen LogP contribution >= 0.6 is 0 Å². The maximum Gasteiger partial charge on any atom is 0.265 e. The van der Waals surface area contributed by atoms with E-state index in [1.54, 1.807) is 38.3 Å². The highest BCUT2D eigenvalue weighted by molar-refractivity contribution is 6.03. The van der Waals surface area contributed by atoms with Crippen LogP contribution in [0.25, 0.3) is 6.08 Å². The minimum Gasteiger partial charge on any atom is -0.496 e. The minimum absolute atomic E-state index is 0.215. The van der Waals surface area contributed by atoms with Crippen molar-refractivity contribution in [2.45, 2.75) is 20.0 Å². The number of methoxy groups -OCH3 is 1. The van der Waals surface area contributed by atoms with Crippen molar-refractivity contribution in [1.82, 2.24) is 0 Å². The quantitative estimate of drug-likeness (QED) is 0.827. The largest absolute Gasteiger partial charge is 0.496 e. The zero-order valence-corrected chi connectivity index (χ0v) is 14.8. The summed E-state index contributed by atoms with van der Waals surface area (Å²) in [5.41, 5.74) is 3.00. The molecule has 1 atom stereocenters. The van der Waals surface area contributed by atoms with E-state index in [9.17, 15) is 9.59 Å². The van der Waals surface area contributed by atoms with E-state index in [0.717, 1.165) is 11.1 Å². The second-order valence-corrected chi connectivity index (χ2v) is 6.03. The number of rotatable bonds is 4. The molecule has 0 spiro atoms. The first-order valence-corrected chi connectivity index (χ1v) is 8.21. The summed E-state index contributed by atoms with van der Waals surface area (Å²) in [5.74, 6) is 0.773. The van der Waals surface area contributed by atoms with Crippen molar-refractivity contribution in [3.8, 4) is 11.5 Å². The molecule has 0 aliphatic carbocycles. The number of hydrogen-bond donors (Lipinski definition) is 2. The SMILES string of the molecule is COc1ccc(C)cc1/C=C/C(=O)Nc1ccc2c(c1)NC(=O)[C@@H](C)O2. The van der Waals surface area contributed by atoms with Gasteiger partial charge in [0.15, 0.2) is 6.10 Å². The first-order chi connectivity index (χ1) is 12.5. The van der Waals surface area contributed by atoms with E-state index in [0.29, 0.717) is 22.9 Å². The number of carbonyl (C=O) groups is 2. The summed E-state index contributed by atoms with van der Waals surface area (Å²) >= 11 is 0. The predicted octanol–water partition coefficient (Wildman–Crippen LogP) is 3.37. The van der Waals surface area contributed by atoms with Gasteiger partial charge in [-0.25, -0.2) is 0 Å². The van der Waals surface area contributed by atoms with Crippen LogP contribution in [0.5, 0.6) is 11.5 Å². The predicted molar refractivity (Wildman–Crippen MR) is 101 cm³/mol. The van der Waals surface area contributed by atoms with Crippen molar-refractivity contribution in [3.05, 3.63) is 53.6 Å². The topological polar surface area (TPSA) is 76.7 Å². The van der Waals surface area contributed by atoms with Crippen molar-refractivity contribution >= 4 is 29.3 Å². The Kier molecular flexibility index (Phi) is 4.93. The van der Waals surface area contributed by atoms with Crippen molar-refractivity contribution in [2.75, 3.05) is 17.7 Å². The average molecular weight is 352 g/mol. The lowest BCUT2D eigenvalue weighted by molar-refractivity contribution is -0.122. The molecule has 1 aliphatic heterocycles. The molecule has 0 bridgehead atoms. The van der Waals surface area contributed by atoms with E-state index in [1.807, 2.05) is 25.1 Å². The third-order valence-corrected chi connectivity index (χ3v) is 3.98. The number of carbonyl (C=O) groups excluding carboxylic acids is 2. The number of benzene rings is 2. The van der Waals surface area contributed by atoms with Crippen LogP contribution in [0, 0.1) is 6.92 Å². The first-order valence-electron chi connectivity index (χ1n) is 8.21. The molecule has 0 saturated heterocycles. The van der Waals surface area contributed by atoms with Crippen LogP contribution in [-0.2, 0) is 9.59 Å². The van der Waals surface area contributed by atoms with Gasteiger partial charge < -0.3 is 20.1 Å². The fourth-order valence-electron chi connectivity index (χ4n) is 2.62. The van der Waals surface area contributed by atoms with Gasteiger partial charge >= 0.3 is 0 Å². The zero-order chi connectivity index (χ0) is 18.7. The molecule has 6 nitrogen and oxygen atoms in total. The van der Waals surface area contributed by atoms with Gasteiger partial charge in [-0.15, -0.1) is 0 Å². The molecular weight excluding hydrogens is 332 g/mol. The van der Waals surface area contributed by atoms with Crippen LogP contribution in [0.3, 0.4) is 0 Å². The molecule has 0 radical (unpaired) electrons. The van der Waals surface area contributed by atoms with Crippen molar-refractivity contribution in [2.24, 2.45) is 0 Å². The summed E-state index contributed by atoms with van der Waals surface area (Å²) in [5, 5.41) is 5.52. The molecule has 6 heteroatoms. The molecule has 2 aromatic carbocycles. The zero-order valence-electron chi connectivity index (χ0n) is 14.8. The minimum atomic E-state index is -0.532. The summed E-state index contributed by atoms with van der Waals surface area (Å²) in [6.45, 7) is 3.65. The standard InChI is InChI=1S/C20H20N2O4/c1-12-4-7-17(25-3)14(10-12)5-9-19(23)21-15-6-8-18-16(11-15)22-20(24)13(2)26-18/h4-11,13H,1-3H3,(H,21,23)(H,22,24)/b9-5+/t13-/m1/s1. The van der Waals surface area contributed by atoms with Gasteiger partial charge in [-0.2, -0.15) is 0 Å². The number of ether oxygens (including phenoxy) is 2. The molecule has 0 unspecified atom stereocenters. The highest BCUT2D eigenvalue weighted by Crippen LogP contribution is 2.32. The van der Waals surface area contributed by atoms with Gasteiger partial charge in [0, 0.05) is 17.3 Å². The summed E-state index contributed by atoms with van der Waals surface area (Å²) in [7, 11) is 1.59. The Hall–Kier alpha value is -3.28. The maximum atomic E-state index is 12.2. The molecule has 0 fully saturated rings. The Morgan fingerprint density at radius 3 is 2.85 bits per heavy atom. The smallest absolute Gasteiger partial charge is 0.265 e. The number of fused-ring (bicyclic) bond motifs is 1.